The predicted molar refractivity (Wildman–Crippen MR) is 119 cm³/mol. The Bertz CT molecular complexity index is 979. The summed E-state index contributed by atoms with van der Waals surface area (Å²) in [7, 11) is 3.21. The van der Waals surface area contributed by atoms with Gasteiger partial charge in [-0.3, -0.25) is 4.90 Å². The monoisotopic (exact) mass is 420 g/mol. The van der Waals surface area contributed by atoms with Crippen LogP contribution in [-0.2, 0) is 0 Å². The number of ether oxygens (including phenoxy) is 2. The van der Waals surface area contributed by atoms with Gasteiger partial charge in [0.1, 0.15) is 0 Å². The molecule has 2 aromatic heterocycles. The first-order valence-corrected chi connectivity index (χ1v) is 10.4. The molecule has 0 saturated carbocycles. The van der Waals surface area contributed by atoms with Gasteiger partial charge in [-0.15, -0.1) is 0 Å². The highest BCUT2D eigenvalue weighted by Crippen LogP contribution is 2.30. The fourth-order valence-electron chi connectivity index (χ4n) is 3.94. The van der Waals surface area contributed by atoms with Gasteiger partial charge >= 0.3 is 0 Å². The van der Waals surface area contributed by atoms with E-state index in [2.05, 4.69) is 41.9 Å². The van der Waals surface area contributed by atoms with Gasteiger partial charge in [0.25, 0.3) is 0 Å². The largest absolute Gasteiger partial charge is 0.481 e. The summed E-state index contributed by atoms with van der Waals surface area (Å²) in [5.41, 5.74) is 3.11. The second-order valence-electron chi connectivity index (χ2n) is 7.60. The molecule has 8 nitrogen and oxygen atoms in total. The topological polar surface area (TPSA) is 76.5 Å². The van der Waals surface area contributed by atoms with Gasteiger partial charge in [-0.1, -0.05) is 30.3 Å². The lowest BCUT2D eigenvalue weighted by molar-refractivity contribution is 0.202. The van der Waals surface area contributed by atoms with Gasteiger partial charge in [0, 0.05) is 37.6 Å². The molecule has 1 atom stereocenters. The van der Waals surface area contributed by atoms with E-state index < -0.39 is 0 Å². The van der Waals surface area contributed by atoms with Crippen molar-refractivity contribution in [1.29, 1.82) is 0 Å². The molecule has 3 aromatic rings. The number of rotatable bonds is 6. The molecule has 0 radical (unpaired) electrons. The van der Waals surface area contributed by atoms with Crippen molar-refractivity contribution in [3.8, 4) is 11.8 Å². The normalized spacial score (nSPS) is 15.5. The molecule has 0 bridgehead atoms. The number of aryl methyl sites for hydroxylation is 2. The summed E-state index contributed by atoms with van der Waals surface area (Å²) in [5.74, 6) is 2.45. The van der Waals surface area contributed by atoms with Crippen LogP contribution in [0.25, 0.3) is 0 Å². The quantitative estimate of drug-likeness (QED) is 0.603. The molecule has 1 aliphatic rings. The Hall–Kier alpha value is -3.26. The lowest BCUT2D eigenvalue weighted by atomic mass is 10.0. The number of aromatic nitrogens is 4. The zero-order chi connectivity index (χ0) is 21.8. The van der Waals surface area contributed by atoms with Crippen molar-refractivity contribution in [3.63, 3.8) is 0 Å². The standard InChI is InChI=1S/C23H28N6O2/c1-16-14-17(2)25-23(24-16)29-12-10-28(11-13-29)21(18-8-6-5-7-9-18)22-26-19(30-3)15-20(27-22)31-4/h5-9,14-15,21H,10-13H2,1-4H3. The van der Waals surface area contributed by atoms with Gasteiger partial charge in [0.05, 0.1) is 26.3 Å². The maximum Gasteiger partial charge on any atom is 0.225 e. The highest BCUT2D eigenvalue weighted by atomic mass is 16.5. The summed E-state index contributed by atoms with van der Waals surface area (Å²) >= 11 is 0. The Balaban J connectivity index is 1.62. The molecule has 4 rings (SSSR count). The molecule has 0 N–H and O–H groups in total. The minimum atomic E-state index is -0.104. The molecule has 1 unspecified atom stereocenters. The number of anilines is 1. The van der Waals surface area contributed by atoms with Crippen molar-refractivity contribution in [2.24, 2.45) is 0 Å². The van der Waals surface area contributed by atoms with Crippen LogP contribution in [0.15, 0.2) is 42.5 Å². The van der Waals surface area contributed by atoms with E-state index in [0.717, 1.165) is 49.1 Å². The van der Waals surface area contributed by atoms with Crippen molar-refractivity contribution in [2.45, 2.75) is 19.9 Å². The average molecular weight is 421 g/mol. The Morgan fingerprint density at radius 1 is 0.774 bits per heavy atom. The number of nitrogens with zero attached hydrogens (tertiary/aromatic N) is 6. The summed E-state index contributed by atoms with van der Waals surface area (Å²) < 4.78 is 10.8. The van der Waals surface area contributed by atoms with E-state index in [1.807, 2.05) is 38.1 Å². The summed E-state index contributed by atoms with van der Waals surface area (Å²) in [6.45, 7) is 7.33. The fourth-order valence-corrected chi connectivity index (χ4v) is 3.94. The molecular formula is C23H28N6O2. The Morgan fingerprint density at radius 2 is 1.35 bits per heavy atom. The van der Waals surface area contributed by atoms with Crippen LogP contribution in [0, 0.1) is 13.8 Å². The van der Waals surface area contributed by atoms with E-state index in [4.69, 9.17) is 9.47 Å². The minimum absolute atomic E-state index is 0.104. The second-order valence-corrected chi connectivity index (χ2v) is 7.60. The number of piperazine rings is 1. The highest BCUT2D eigenvalue weighted by molar-refractivity contribution is 5.34. The van der Waals surface area contributed by atoms with Crippen LogP contribution in [0.3, 0.4) is 0 Å². The van der Waals surface area contributed by atoms with Crippen LogP contribution in [0.5, 0.6) is 11.8 Å². The van der Waals surface area contributed by atoms with E-state index in [-0.39, 0.29) is 6.04 Å². The highest BCUT2D eigenvalue weighted by Gasteiger charge is 2.30. The Kier molecular flexibility index (Phi) is 6.27. The van der Waals surface area contributed by atoms with Gasteiger partial charge in [-0.2, -0.15) is 9.97 Å². The van der Waals surface area contributed by atoms with E-state index >= 15 is 0 Å². The van der Waals surface area contributed by atoms with Crippen LogP contribution in [0.2, 0.25) is 0 Å². The molecule has 3 heterocycles. The van der Waals surface area contributed by atoms with E-state index in [0.29, 0.717) is 17.6 Å². The maximum atomic E-state index is 5.39. The summed E-state index contributed by atoms with van der Waals surface area (Å²) in [4.78, 5) is 23.2. The SMILES string of the molecule is COc1cc(OC)nc(C(c2ccccc2)N2CCN(c3nc(C)cc(C)n3)CC2)n1. The first-order valence-electron chi connectivity index (χ1n) is 10.4. The zero-order valence-electron chi connectivity index (χ0n) is 18.4. The molecule has 1 aromatic carbocycles. The molecule has 162 valence electrons. The molecule has 0 amide bonds. The predicted octanol–water partition coefficient (Wildman–Crippen LogP) is 2.81. The van der Waals surface area contributed by atoms with Crippen molar-refractivity contribution >= 4 is 5.95 Å². The van der Waals surface area contributed by atoms with Crippen LogP contribution >= 0.6 is 0 Å². The lowest BCUT2D eigenvalue weighted by Crippen LogP contribution is -2.48. The van der Waals surface area contributed by atoms with E-state index in [9.17, 15) is 0 Å². The van der Waals surface area contributed by atoms with E-state index in [1.165, 1.54) is 0 Å². The number of benzene rings is 1. The third kappa shape index (κ3) is 4.74. The Morgan fingerprint density at radius 3 is 1.90 bits per heavy atom. The molecule has 1 aliphatic heterocycles. The van der Waals surface area contributed by atoms with Gasteiger partial charge in [0.15, 0.2) is 5.82 Å². The van der Waals surface area contributed by atoms with Crippen LogP contribution in [0.4, 0.5) is 5.95 Å². The average Bonchev–Trinajstić information content (AvgIpc) is 2.79. The Labute approximate surface area is 182 Å². The molecule has 0 spiro atoms. The number of hydrogen-bond acceptors (Lipinski definition) is 8. The summed E-state index contributed by atoms with van der Waals surface area (Å²) in [6.07, 6.45) is 0. The molecule has 1 fully saturated rings. The molecule has 1 saturated heterocycles. The zero-order valence-corrected chi connectivity index (χ0v) is 18.4. The molecular weight excluding hydrogens is 392 g/mol. The molecule has 0 aliphatic carbocycles. The van der Waals surface area contributed by atoms with Crippen molar-refractivity contribution in [3.05, 3.63) is 65.2 Å². The van der Waals surface area contributed by atoms with Gasteiger partial charge in [-0.05, 0) is 25.5 Å². The minimum Gasteiger partial charge on any atom is -0.481 e. The number of hydrogen-bond donors (Lipinski definition) is 0. The summed E-state index contributed by atoms with van der Waals surface area (Å²) in [6, 6.07) is 13.9. The third-order valence-electron chi connectivity index (χ3n) is 5.41. The van der Waals surface area contributed by atoms with Crippen molar-refractivity contribution < 1.29 is 9.47 Å². The molecule has 8 heteroatoms. The third-order valence-corrected chi connectivity index (χ3v) is 5.41. The first kappa shape index (κ1) is 21.0. The van der Waals surface area contributed by atoms with Gasteiger partial charge < -0.3 is 14.4 Å². The molecule has 31 heavy (non-hydrogen) atoms. The smallest absolute Gasteiger partial charge is 0.225 e. The number of methoxy groups -OCH3 is 2. The fraction of sp³-hybridized carbons (Fsp3) is 0.391. The summed E-state index contributed by atoms with van der Waals surface area (Å²) in [5, 5.41) is 0. The van der Waals surface area contributed by atoms with Crippen molar-refractivity contribution in [2.75, 3.05) is 45.3 Å². The van der Waals surface area contributed by atoms with Gasteiger partial charge in [-0.25, -0.2) is 9.97 Å². The van der Waals surface area contributed by atoms with E-state index in [1.54, 1.807) is 20.3 Å². The maximum absolute atomic E-state index is 5.39. The van der Waals surface area contributed by atoms with Crippen LogP contribution < -0.4 is 14.4 Å². The van der Waals surface area contributed by atoms with Crippen LogP contribution in [-0.4, -0.2) is 65.2 Å². The second kappa shape index (κ2) is 9.26. The lowest BCUT2D eigenvalue weighted by Gasteiger charge is -2.39. The first-order chi connectivity index (χ1) is 15.1. The van der Waals surface area contributed by atoms with Crippen molar-refractivity contribution in [1.82, 2.24) is 24.8 Å². The van der Waals surface area contributed by atoms with Gasteiger partial charge in [0.2, 0.25) is 17.7 Å². The van der Waals surface area contributed by atoms with Crippen LogP contribution in [0.1, 0.15) is 28.8 Å².